The number of benzene rings is 3. The van der Waals surface area contributed by atoms with Gasteiger partial charge in [-0.25, -0.2) is 0 Å². The lowest BCUT2D eigenvalue weighted by Gasteiger charge is -2.42. The van der Waals surface area contributed by atoms with E-state index in [1.165, 1.54) is 0 Å². The summed E-state index contributed by atoms with van der Waals surface area (Å²) in [5, 5.41) is 22.0. The molecule has 3 aromatic carbocycles. The maximum absolute atomic E-state index is 11.1. The Hall–Kier alpha value is -2.66. The van der Waals surface area contributed by atoms with Gasteiger partial charge in [0, 0.05) is 19.1 Å². The second-order valence-corrected chi connectivity index (χ2v) is 8.46. The molecule has 0 aromatic heterocycles. The van der Waals surface area contributed by atoms with Crippen molar-refractivity contribution in [3.8, 4) is 5.75 Å². The summed E-state index contributed by atoms with van der Waals surface area (Å²) in [5.41, 5.74) is 2.21. The van der Waals surface area contributed by atoms with Gasteiger partial charge >= 0.3 is 0 Å². The highest BCUT2D eigenvalue weighted by atomic mass is 16.5. The largest absolute Gasteiger partial charge is 0.489 e. The second kappa shape index (κ2) is 9.65. The van der Waals surface area contributed by atoms with Crippen molar-refractivity contribution in [1.82, 2.24) is 4.90 Å². The number of aliphatic hydroxyl groups is 2. The molecule has 162 valence electrons. The molecule has 0 radical (unpaired) electrons. The summed E-state index contributed by atoms with van der Waals surface area (Å²) >= 11 is 0. The molecule has 4 nitrogen and oxygen atoms in total. The minimum Gasteiger partial charge on any atom is -0.489 e. The van der Waals surface area contributed by atoms with Gasteiger partial charge in [0.2, 0.25) is 0 Å². The number of rotatable bonds is 7. The van der Waals surface area contributed by atoms with E-state index in [0.29, 0.717) is 19.4 Å². The van der Waals surface area contributed by atoms with E-state index in [0.717, 1.165) is 35.5 Å². The zero-order valence-electron chi connectivity index (χ0n) is 18.0. The molecule has 4 heteroatoms. The summed E-state index contributed by atoms with van der Waals surface area (Å²) in [7, 11) is 0. The SMILES string of the molecule is C[C@@H]([C@@H](O)c1ccc(OCc2ccccc2)cc1)N1CCC(O)(c2ccccc2)CC1. The van der Waals surface area contributed by atoms with E-state index in [-0.39, 0.29) is 6.04 Å². The van der Waals surface area contributed by atoms with Crippen molar-refractivity contribution in [2.24, 2.45) is 0 Å². The van der Waals surface area contributed by atoms with Crippen LogP contribution in [-0.4, -0.2) is 34.2 Å². The Morgan fingerprint density at radius 2 is 1.45 bits per heavy atom. The highest BCUT2D eigenvalue weighted by Crippen LogP contribution is 2.35. The quantitative estimate of drug-likeness (QED) is 0.587. The Morgan fingerprint density at radius 1 is 0.871 bits per heavy atom. The van der Waals surface area contributed by atoms with E-state index in [2.05, 4.69) is 11.8 Å². The summed E-state index contributed by atoms with van der Waals surface area (Å²) in [4.78, 5) is 2.27. The van der Waals surface area contributed by atoms with Gasteiger partial charge in [-0.3, -0.25) is 4.90 Å². The van der Waals surface area contributed by atoms with Gasteiger partial charge in [0.25, 0.3) is 0 Å². The van der Waals surface area contributed by atoms with Crippen molar-refractivity contribution >= 4 is 0 Å². The first-order valence-corrected chi connectivity index (χ1v) is 11.0. The van der Waals surface area contributed by atoms with Crippen molar-refractivity contribution in [3.05, 3.63) is 102 Å². The smallest absolute Gasteiger partial charge is 0.119 e. The van der Waals surface area contributed by atoms with Crippen LogP contribution < -0.4 is 4.74 Å². The molecular weight excluding hydrogens is 386 g/mol. The molecule has 2 atom stereocenters. The zero-order valence-corrected chi connectivity index (χ0v) is 18.0. The van der Waals surface area contributed by atoms with Gasteiger partial charge in [-0.1, -0.05) is 72.8 Å². The number of likely N-dealkylation sites (tertiary alicyclic amines) is 1. The number of nitrogens with zero attached hydrogens (tertiary/aromatic N) is 1. The Morgan fingerprint density at radius 3 is 2.06 bits per heavy atom. The average Bonchev–Trinajstić information content (AvgIpc) is 2.84. The molecule has 3 aromatic rings. The van der Waals surface area contributed by atoms with Crippen LogP contribution in [0.25, 0.3) is 0 Å². The van der Waals surface area contributed by atoms with Gasteiger partial charge in [0.05, 0.1) is 11.7 Å². The van der Waals surface area contributed by atoms with Crippen LogP contribution in [0.1, 0.15) is 42.6 Å². The predicted octanol–water partition coefficient (Wildman–Crippen LogP) is 4.67. The van der Waals surface area contributed by atoms with E-state index >= 15 is 0 Å². The predicted molar refractivity (Wildman–Crippen MR) is 123 cm³/mol. The van der Waals surface area contributed by atoms with Crippen molar-refractivity contribution in [3.63, 3.8) is 0 Å². The molecule has 1 saturated heterocycles. The fourth-order valence-electron chi connectivity index (χ4n) is 4.32. The number of piperidine rings is 1. The molecule has 1 fully saturated rings. The van der Waals surface area contributed by atoms with Gasteiger partial charge in [0.1, 0.15) is 12.4 Å². The Kier molecular flexibility index (Phi) is 6.71. The maximum atomic E-state index is 11.1. The summed E-state index contributed by atoms with van der Waals surface area (Å²) < 4.78 is 5.85. The van der Waals surface area contributed by atoms with Gasteiger partial charge in [-0.15, -0.1) is 0 Å². The molecule has 2 N–H and O–H groups in total. The molecule has 0 amide bonds. The number of hydrogen-bond acceptors (Lipinski definition) is 4. The minimum absolute atomic E-state index is 0.0311. The van der Waals surface area contributed by atoms with Gasteiger partial charge in [-0.05, 0) is 48.6 Å². The zero-order chi connectivity index (χ0) is 21.7. The topological polar surface area (TPSA) is 52.9 Å². The molecular formula is C27H31NO3. The Balaban J connectivity index is 1.32. The van der Waals surface area contributed by atoms with Crippen LogP contribution in [0.4, 0.5) is 0 Å². The monoisotopic (exact) mass is 417 g/mol. The van der Waals surface area contributed by atoms with Crippen molar-refractivity contribution in [1.29, 1.82) is 0 Å². The minimum atomic E-state index is -0.778. The molecule has 31 heavy (non-hydrogen) atoms. The molecule has 0 unspecified atom stereocenters. The molecule has 0 saturated carbocycles. The Bertz CT molecular complexity index is 935. The maximum Gasteiger partial charge on any atom is 0.119 e. The average molecular weight is 418 g/mol. The highest BCUT2D eigenvalue weighted by Gasteiger charge is 2.36. The van der Waals surface area contributed by atoms with Crippen LogP contribution in [0, 0.1) is 0 Å². The third-order valence-electron chi connectivity index (χ3n) is 6.44. The van der Waals surface area contributed by atoms with Crippen molar-refractivity contribution in [2.75, 3.05) is 13.1 Å². The van der Waals surface area contributed by atoms with E-state index in [1.54, 1.807) is 0 Å². The second-order valence-electron chi connectivity index (χ2n) is 8.46. The first kappa shape index (κ1) is 21.6. The van der Waals surface area contributed by atoms with Crippen LogP contribution in [0.2, 0.25) is 0 Å². The third-order valence-corrected chi connectivity index (χ3v) is 6.44. The number of aliphatic hydroxyl groups excluding tert-OH is 1. The van der Waals surface area contributed by atoms with E-state index in [4.69, 9.17) is 4.74 Å². The molecule has 1 aliphatic rings. The van der Waals surface area contributed by atoms with Crippen LogP contribution >= 0.6 is 0 Å². The molecule has 0 bridgehead atoms. The lowest BCUT2D eigenvalue weighted by molar-refractivity contribution is -0.0501. The number of ether oxygens (including phenoxy) is 1. The first-order chi connectivity index (χ1) is 15.0. The number of hydrogen-bond donors (Lipinski definition) is 2. The van der Waals surface area contributed by atoms with Gasteiger partial charge in [-0.2, -0.15) is 0 Å². The highest BCUT2D eigenvalue weighted by molar-refractivity contribution is 5.30. The fraction of sp³-hybridized carbons (Fsp3) is 0.333. The lowest BCUT2D eigenvalue weighted by Crippen LogP contribution is -2.47. The first-order valence-electron chi connectivity index (χ1n) is 11.0. The van der Waals surface area contributed by atoms with Crippen LogP contribution in [0.15, 0.2) is 84.9 Å². The van der Waals surface area contributed by atoms with E-state index in [9.17, 15) is 10.2 Å². The molecule has 0 aliphatic carbocycles. The fourth-order valence-corrected chi connectivity index (χ4v) is 4.32. The van der Waals surface area contributed by atoms with Crippen LogP contribution in [0.3, 0.4) is 0 Å². The molecule has 1 heterocycles. The normalized spacial score (nSPS) is 18.3. The van der Waals surface area contributed by atoms with Gasteiger partial charge < -0.3 is 14.9 Å². The third kappa shape index (κ3) is 5.16. The molecule has 0 spiro atoms. The van der Waals surface area contributed by atoms with E-state index in [1.807, 2.05) is 84.9 Å². The van der Waals surface area contributed by atoms with Crippen molar-refractivity contribution in [2.45, 2.75) is 44.1 Å². The summed E-state index contributed by atoms with van der Waals surface area (Å²) in [6.07, 6.45) is 0.742. The van der Waals surface area contributed by atoms with Crippen LogP contribution in [-0.2, 0) is 12.2 Å². The van der Waals surface area contributed by atoms with Crippen LogP contribution in [0.5, 0.6) is 5.75 Å². The Labute approximate surface area is 184 Å². The summed E-state index contributed by atoms with van der Waals surface area (Å²) in [6.45, 7) is 4.08. The molecule has 1 aliphatic heterocycles. The lowest BCUT2D eigenvalue weighted by atomic mass is 9.83. The standard InChI is InChI=1S/C27H31NO3/c1-21(28-18-16-27(30,17-19-28)24-10-6-3-7-11-24)26(29)23-12-14-25(15-13-23)31-20-22-8-4-2-5-9-22/h2-15,21,26,29-30H,16-20H2,1H3/t21-,26+/m0/s1. The van der Waals surface area contributed by atoms with E-state index < -0.39 is 11.7 Å². The molecule has 4 rings (SSSR count). The summed E-state index contributed by atoms with van der Waals surface area (Å²) in [5.74, 6) is 0.790. The van der Waals surface area contributed by atoms with Gasteiger partial charge in [0.15, 0.2) is 0 Å². The van der Waals surface area contributed by atoms with Crippen molar-refractivity contribution < 1.29 is 14.9 Å². The summed E-state index contributed by atoms with van der Waals surface area (Å²) in [6, 6.07) is 27.6.